The molecule has 14 rings (SSSR count). The second-order valence-corrected chi connectivity index (χ2v) is 20.9. The van der Waals surface area contributed by atoms with Gasteiger partial charge >= 0.3 is 0 Å². The molecule has 4 nitrogen and oxygen atoms in total. The van der Waals surface area contributed by atoms with Gasteiger partial charge in [-0.25, -0.2) is 9.97 Å². The third-order valence-electron chi connectivity index (χ3n) is 15.7. The normalized spacial score (nSPS) is 11.1. The van der Waals surface area contributed by atoms with Gasteiger partial charge in [0.25, 0.3) is 0 Å². The highest BCUT2D eigenvalue weighted by molar-refractivity contribution is 5.94. The van der Waals surface area contributed by atoms with Gasteiger partial charge in [0.1, 0.15) is 0 Å². The minimum atomic E-state index is 0.826. The highest BCUT2D eigenvalue weighted by Crippen LogP contribution is 2.44. The monoisotopic (exact) mass is 1070 g/mol. The predicted octanol–water partition coefficient (Wildman–Crippen LogP) is 21.9. The predicted molar refractivity (Wildman–Crippen MR) is 352 cm³/mol. The number of hydrogen-bond donors (Lipinski definition) is 0. The maximum atomic E-state index is 5.38. The zero-order chi connectivity index (χ0) is 56.0. The molecule has 0 fully saturated rings. The molecule has 84 heavy (non-hydrogen) atoms. The summed E-state index contributed by atoms with van der Waals surface area (Å²) in [4.78, 5) is 15.4. The Morgan fingerprint density at radius 3 is 0.714 bits per heavy atom. The Bertz CT molecular complexity index is 4150. The summed E-state index contributed by atoms with van der Waals surface area (Å²) in [5.74, 6) is 0. The summed E-state index contributed by atoms with van der Waals surface area (Å²) in [7, 11) is 0. The van der Waals surface area contributed by atoms with Crippen molar-refractivity contribution in [3.05, 3.63) is 340 Å². The summed E-state index contributed by atoms with van der Waals surface area (Å²) in [6, 6.07) is 121. The summed E-state index contributed by atoms with van der Waals surface area (Å²) in [5.41, 5.74) is 25.5. The average molecular weight is 1070 g/mol. The van der Waals surface area contributed by atoms with Crippen LogP contribution >= 0.6 is 0 Å². The molecule has 4 heteroatoms. The van der Waals surface area contributed by atoms with Crippen molar-refractivity contribution >= 4 is 45.2 Å². The Morgan fingerprint density at radius 1 is 0.167 bits per heavy atom. The second-order valence-electron chi connectivity index (χ2n) is 20.9. The summed E-state index contributed by atoms with van der Waals surface area (Å²) in [6.45, 7) is 0. The first-order valence-electron chi connectivity index (χ1n) is 28.5. The molecule has 0 aliphatic rings. The maximum Gasteiger partial charge on any atom is 0.0973 e. The van der Waals surface area contributed by atoms with Crippen LogP contribution in [0.3, 0.4) is 0 Å². The maximum absolute atomic E-state index is 5.38. The number of aromatic nitrogens is 2. The molecule has 0 saturated heterocycles. The van der Waals surface area contributed by atoms with E-state index in [9.17, 15) is 0 Å². The van der Waals surface area contributed by atoms with Crippen LogP contribution in [0.5, 0.6) is 0 Å². The van der Waals surface area contributed by atoms with Crippen molar-refractivity contribution in [2.24, 2.45) is 0 Å². The van der Waals surface area contributed by atoms with Crippen molar-refractivity contribution < 1.29 is 0 Å². The smallest absolute Gasteiger partial charge is 0.0973 e. The lowest BCUT2D eigenvalue weighted by Crippen LogP contribution is -2.10. The van der Waals surface area contributed by atoms with Crippen molar-refractivity contribution in [3.8, 4) is 89.3 Å². The van der Waals surface area contributed by atoms with E-state index in [-0.39, 0.29) is 0 Å². The minimum absolute atomic E-state index is 0.826. The van der Waals surface area contributed by atoms with Gasteiger partial charge in [-0.2, -0.15) is 0 Å². The van der Waals surface area contributed by atoms with Crippen LogP contribution in [0, 0.1) is 0 Å². The highest BCUT2D eigenvalue weighted by Gasteiger charge is 2.21. The molecular formula is C80H56N4. The van der Waals surface area contributed by atoms with Gasteiger partial charge < -0.3 is 9.80 Å². The third-order valence-corrected chi connectivity index (χ3v) is 15.7. The van der Waals surface area contributed by atoms with Gasteiger partial charge in [0.2, 0.25) is 0 Å². The Kier molecular flexibility index (Phi) is 14.0. The molecule has 0 N–H and O–H groups in total. The van der Waals surface area contributed by atoms with Gasteiger partial charge in [-0.05, 0) is 152 Å². The fourth-order valence-electron chi connectivity index (χ4n) is 11.5. The number of benzene rings is 13. The molecule has 0 saturated carbocycles. The Labute approximate surface area is 491 Å². The van der Waals surface area contributed by atoms with E-state index in [0.29, 0.717) is 0 Å². The van der Waals surface area contributed by atoms with Crippen LogP contribution in [-0.4, -0.2) is 9.97 Å². The Morgan fingerprint density at radius 2 is 0.405 bits per heavy atom. The molecule has 396 valence electrons. The van der Waals surface area contributed by atoms with E-state index in [4.69, 9.17) is 9.97 Å². The van der Waals surface area contributed by atoms with E-state index >= 15 is 0 Å². The Hall–Kier alpha value is -11.2. The average Bonchev–Trinajstić information content (AvgIpc) is 3.07. The number of anilines is 6. The van der Waals surface area contributed by atoms with Gasteiger partial charge in [0.05, 0.1) is 22.4 Å². The van der Waals surface area contributed by atoms with E-state index in [1.54, 1.807) is 0 Å². The first-order valence-corrected chi connectivity index (χ1v) is 28.5. The molecule has 0 unspecified atom stereocenters. The molecule has 0 amide bonds. The standard InChI is InChI=1S/C80H56N4/c1-7-21-57(22-8-1)59-35-39-63(40-36-59)75-55-71(83(67-25-11-3-12-26-67)68-27-13-4-14-28-68)51-53-73(75)61-43-47-65(48-44-61)79-80(82-78-34-20-19-33-77(78)81-79)66-49-45-62(46-50-66)74-54-52-72(84(69-29-15-5-16-30-69)70-31-17-6-18-32-70)56-76(74)64-41-37-60(38-42-64)58-23-9-2-10-24-58/h1-56H. The third kappa shape index (κ3) is 10.4. The number of para-hydroxylation sites is 6. The van der Waals surface area contributed by atoms with E-state index in [2.05, 4.69) is 325 Å². The van der Waals surface area contributed by atoms with Crippen molar-refractivity contribution in [1.29, 1.82) is 0 Å². The van der Waals surface area contributed by atoms with Gasteiger partial charge in [-0.1, -0.05) is 255 Å². The van der Waals surface area contributed by atoms with E-state index in [1.807, 2.05) is 24.3 Å². The van der Waals surface area contributed by atoms with Gasteiger partial charge in [-0.3, -0.25) is 0 Å². The van der Waals surface area contributed by atoms with E-state index in [1.165, 1.54) is 22.3 Å². The molecule has 0 radical (unpaired) electrons. The van der Waals surface area contributed by atoms with Crippen molar-refractivity contribution in [2.45, 2.75) is 0 Å². The zero-order valence-electron chi connectivity index (χ0n) is 46.1. The van der Waals surface area contributed by atoms with E-state index in [0.717, 1.165) is 112 Å². The fourth-order valence-corrected chi connectivity index (χ4v) is 11.5. The molecule has 13 aromatic carbocycles. The van der Waals surface area contributed by atoms with Crippen LogP contribution < -0.4 is 9.80 Å². The van der Waals surface area contributed by atoms with Crippen molar-refractivity contribution in [1.82, 2.24) is 9.97 Å². The second kappa shape index (κ2) is 23.1. The topological polar surface area (TPSA) is 32.3 Å². The first kappa shape index (κ1) is 51.0. The zero-order valence-corrected chi connectivity index (χ0v) is 46.1. The molecule has 0 spiro atoms. The molecule has 1 aromatic heterocycles. The van der Waals surface area contributed by atoms with Crippen LogP contribution in [0.25, 0.3) is 100 Å². The lowest BCUT2D eigenvalue weighted by molar-refractivity contribution is 1.28. The fraction of sp³-hybridized carbons (Fsp3) is 0. The molecule has 0 aliphatic carbocycles. The summed E-state index contributed by atoms with van der Waals surface area (Å²) >= 11 is 0. The Balaban J connectivity index is 0.845. The van der Waals surface area contributed by atoms with Crippen molar-refractivity contribution in [2.75, 3.05) is 9.80 Å². The summed E-state index contributed by atoms with van der Waals surface area (Å²) in [6.07, 6.45) is 0. The number of nitrogens with zero attached hydrogens (tertiary/aromatic N) is 4. The number of hydrogen-bond acceptors (Lipinski definition) is 4. The van der Waals surface area contributed by atoms with Crippen LogP contribution in [0.15, 0.2) is 340 Å². The largest absolute Gasteiger partial charge is 0.310 e. The van der Waals surface area contributed by atoms with Crippen LogP contribution in [-0.2, 0) is 0 Å². The lowest BCUT2D eigenvalue weighted by Gasteiger charge is -2.26. The van der Waals surface area contributed by atoms with Gasteiger partial charge in [-0.15, -0.1) is 0 Å². The quantitative estimate of drug-likeness (QED) is 0.109. The number of fused-ring (bicyclic) bond motifs is 1. The molecule has 0 bridgehead atoms. The molecule has 0 aliphatic heterocycles. The summed E-state index contributed by atoms with van der Waals surface area (Å²) < 4.78 is 0. The highest BCUT2D eigenvalue weighted by atomic mass is 15.1. The van der Waals surface area contributed by atoms with Gasteiger partial charge in [0.15, 0.2) is 0 Å². The van der Waals surface area contributed by atoms with Crippen LogP contribution in [0.1, 0.15) is 0 Å². The van der Waals surface area contributed by atoms with Crippen LogP contribution in [0.2, 0.25) is 0 Å². The minimum Gasteiger partial charge on any atom is -0.310 e. The lowest BCUT2D eigenvalue weighted by atomic mass is 9.91. The van der Waals surface area contributed by atoms with Crippen LogP contribution in [0.4, 0.5) is 34.1 Å². The van der Waals surface area contributed by atoms with E-state index < -0.39 is 0 Å². The molecule has 14 aromatic rings. The first-order chi connectivity index (χ1) is 41.6. The molecule has 0 atom stereocenters. The summed E-state index contributed by atoms with van der Waals surface area (Å²) in [5, 5.41) is 0. The molecule has 1 heterocycles. The van der Waals surface area contributed by atoms with Gasteiger partial charge in [0, 0.05) is 45.3 Å². The number of rotatable bonds is 14. The van der Waals surface area contributed by atoms with Crippen molar-refractivity contribution in [3.63, 3.8) is 0 Å². The molecular weight excluding hydrogens is 1020 g/mol. The SMILES string of the molecule is c1ccc(-c2ccc(-c3cc(N(c4ccccc4)c4ccccc4)ccc3-c3ccc(-c4nc5ccccc5nc4-c4ccc(-c5ccc(N(c6ccccc6)c6ccccc6)cc5-c5ccc(-c6ccccc6)cc5)cc4)cc3)cc2)cc1.